The highest BCUT2D eigenvalue weighted by Gasteiger charge is 2.44. The fourth-order valence-electron chi connectivity index (χ4n) is 3.62. The molecule has 104 valence electrons. The van der Waals surface area contributed by atoms with Crippen LogP contribution in [0.5, 0.6) is 0 Å². The minimum absolute atomic E-state index is 0.277. The summed E-state index contributed by atoms with van der Waals surface area (Å²) in [7, 11) is 0. The molecule has 0 spiro atoms. The van der Waals surface area contributed by atoms with Crippen molar-refractivity contribution in [3.63, 3.8) is 0 Å². The average Bonchev–Trinajstić information content (AvgIpc) is 2.34. The molecule has 18 heavy (non-hydrogen) atoms. The Morgan fingerprint density at radius 1 is 1.44 bits per heavy atom. The van der Waals surface area contributed by atoms with Gasteiger partial charge in [0, 0.05) is 19.0 Å². The molecule has 2 N–H and O–H groups in total. The van der Waals surface area contributed by atoms with Crippen LogP contribution >= 0.6 is 0 Å². The maximum Gasteiger partial charge on any atom is 0.320 e. The van der Waals surface area contributed by atoms with Gasteiger partial charge in [0.05, 0.1) is 5.60 Å². The highest BCUT2D eigenvalue weighted by atomic mass is 16.4. The van der Waals surface area contributed by atoms with Gasteiger partial charge >= 0.3 is 5.97 Å². The monoisotopic (exact) mass is 255 g/mol. The topological polar surface area (TPSA) is 60.8 Å². The fraction of sp³-hybridized carbons (Fsp3) is 0.929. The number of aliphatic carboxylic acids is 1. The van der Waals surface area contributed by atoms with Crippen LogP contribution in [-0.2, 0) is 4.79 Å². The predicted molar refractivity (Wildman–Crippen MR) is 69.4 cm³/mol. The van der Waals surface area contributed by atoms with Crippen LogP contribution in [0.2, 0.25) is 0 Å². The minimum atomic E-state index is -0.710. The van der Waals surface area contributed by atoms with Gasteiger partial charge in [-0.05, 0) is 25.7 Å². The molecule has 1 aliphatic carbocycles. The Morgan fingerprint density at radius 2 is 2.22 bits per heavy atom. The Morgan fingerprint density at radius 3 is 2.89 bits per heavy atom. The lowest BCUT2D eigenvalue weighted by molar-refractivity contribution is -0.150. The third-order valence-corrected chi connectivity index (χ3v) is 4.75. The molecule has 0 amide bonds. The summed E-state index contributed by atoms with van der Waals surface area (Å²) in [5, 5.41) is 19.9. The van der Waals surface area contributed by atoms with Gasteiger partial charge in [0.2, 0.25) is 0 Å². The first-order chi connectivity index (χ1) is 8.57. The van der Waals surface area contributed by atoms with Crippen molar-refractivity contribution in [2.45, 2.75) is 63.5 Å². The number of likely N-dealkylation sites (tertiary alicyclic amines) is 1. The van der Waals surface area contributed by atoms with E-state index < -0.39 is 11.6 Å². The van der Waals surface area contributed by atoms with Gasteiger partial charge in [-0.25, -0.2) is 0 Å². The summed E-state index contributed by atoms with van der Waals surface area (Å²) in [5.74, 6) is -0.434. The van der Waals surface area contributed by atoms with Gasteiger partial charge < -0.3 is 10.2 Å². The molecule has 4 heteroatoms. The van der Waals surface area contributed by atoms with Crippen LogP contribution in [0.15, 0.2) is 0 Å². The number of carbonyl (C=O) groups is 1. The first kappa shape index (κ1) is 13.8. The molecular weight excluding hydrogens is 230 g/mol. The van der Waals surface area contributed by atoms with Crippen molar-refractivity contribution in [1.82, 2.24) is 4.90 Å². The van der Waals surface area contributed by atoms with Gasteiger partial charge in [-0.15, -0.1) is 0 Å². The number of piperidine rings is 1. The first-order valence-electron chi connectivity index (χ1n) is 7.26. The Balaban J connectivity index is 2.02. The van der Waals surface area contributed by atoms with Crippen LogP contribution in [0.1, 0.15) is 51.9 Å². The molecule has 0 aromatic rings. The summed E-state index contributed by atoms with van der Waals surface area (Å²) in [5.41, 5.74) is -0.510. The molecule has 3 atom stereocenters. The molecule has 2 aliphatic rings. The van der Waals surface area contributed by atoms with Gasteiger partial charge in [0.15, 0.2) is 0 Å². The van der Waals surface area contributed by atoms with E-state index in [2.05, 4.69) is 4.90 Å². The maximum absolute atomic E-state index is 11.3. The molecule has 2 rings (SSSR count). The van der Waals surface area contributed by atoms with Crippen LogP contribution in [-0.4, -0.2) is 45.8 Å². The number of hydrogen-bond acceptors (Lipinski definition) is 3. The van der Waals surface area contributed by atoms with Crippen molar-refractivity contribution in [2.24, 2.45) is 5.92 Å². The smallest absolute Gasteiger partial charge is 0.320 e. The van der Waals surface area contributed by atoms with E-state index in [1.165, 1.54) is 6.42 Å². The van der Waals surface area contributed by atoms with Gasteiger partial charge in [-0.1, -0.05) is 26.2 Å². The molecule has 0 aromatic heterocycles. The zero-order valence-corrected chi connectivity index (χ0v) is 11.3. The molecule has 1 aliphatic heterocycles. The number of carboxylic acid groups (broad SMARTS) is 1. The SMILES string of the molecule is CCCC(C(=O)O)N1CCC2(O)CCCCC2C1. The summed E-state index contributed by atoms with van der Waals surface area (Å²) >= 11 is 0. The Bertz CT molecular complexity index is 307. The van der Waals surface area contributed by atoms with Crippen molar-refractivity contribution in [2.75, 3.05) is 13.1 Å². The van der Waals surface area contributed by atoms with E-state index in [0.717, 1.165) is 45.2 Å². The van der Waals surface area contributed by atoms with E-state index in [-0.39, 0.29) is 12.0 Å². The molecule has 1 saturated heterocycles. The predicted octanol–water partition coefficient (Wildman–Crippen LogP) is 1.87. The number of rotatable bonds is 4. The molecule has 0 radical (unpaired) electrons. The maximum atomic E-state index is 11.3. The summed E-state index contributed by atoms with van der Waals surface area (Å²) in [6, 6.07) is -0.360. The van der Waals surface area contributed by atoms with E-state index in [4.69, 9.17) is 0 Å². The lowest BCUT2D eigenvalue weighted by atomic mass is 9.71. The number of hydrogen-bond donors (Lipinski definition) is 2. The second kappa shape index (κ2) is 5.57. The molecule has 3 unspecified atom stereocenters. The van der Waals surface area contributed by atoms with Crippen LogP contribution in [0.3, 0.4) is 0 Å². The lowest BCUT2D eigenvalue weighted by Crippen LogP contribution is -2.57. The van der Waals surface area contributed by atoms with Crippen LogP contribution < -0.4 is 0 Å². The summed E-state index contributed by atoms with van der Waals surface area (Å²) in [6.45, 7) is 3.51. The molecular formula is C14H25NO3. The summed E-state index contributed by atoms with van der Waals surface area (Å²) < 4.78 is 0. The molecule has 1 saturated carbocycles. The van der Waals surface area contributed by atoms with E-state index in [1.807, 2.05) is 6.92 Å². The average molecular weight is 255 g/mol. The first-order valence-corrected chi connectivity index (χ1v) is 7.26. The standard InChI is InChI=1S/C14H25NO3/c1-2-5-12(13(16)17)15-9-8-14(18)7-4-3-6-11(14)10-15/h11-12,18H,2-10H2,1H3,(H,16,17). The highest BCUT2D eigenvalue weighted by Crippen LogP contribution is 2.40. The third kappa shape index (κ3) is 2.69. The van der Waals surface area contributed by atoms with Crippen LogP contribution in [0.25, 0.3) is 0 Å². The highest BCUT2D eigenvalue weighted by molar-refractivity contribution is 5.73. The summed E-state index contributed by atoms with van der Waals surface area (Å²) in [4.78, 5) is 13.4. The molecule has 1 heterocycles. The van der Waals surface area contributed by atoms with Crippen molar-refractivity contribution >= 4 is 5.97 Å². The van der Waals surface area contributed by atoms with Crippen LogP contribution in [0.4, 0.5) is 0 Å². The molecule has 2 fully saturated rings. The molecule has 4 nitrogen and oxygen atoms in total. The van der Waals surface area contributed by atoms with E-state index in [9.17, 15) is 15.0 Å². The Kier molecular flexibility index (Phi) is 4.28. The summed E-state index contributed by atoms with van der Waals surface area (Å²) in [6.07, 6.45) is 6.58. The van der Waals surface area contributed by atoms with Crippen LogP contribution in [0, 0.1) is 5.92 Å². The van der Waals surface area contributed by atoms with E-state index in [1.54, 1.807) is 0 Å². The number of nitrogens with zero attached hydrogens (tertiary/aromatic N) is 1. The fourth-order valence-corrected chi connectivity index (χ4v) is 3.62. The van der Waals surface area contributed by atoms with Crippen molar-refractivity contribution in [1.29, 1.82) is 0 Å². The normalized spacial score (nSPS) is 34.9. The quantitative estimate of drug-likeness (QED) is 0.805. The second-order valence-electron chi connectivity index (χ2n) is 5.93. The van der Waals surface area contributed by atoms with Gasteiger partial charge in [0.25, 0.3) is 0 Å². The van der Waals surface area contributed by atoms with E-state index >= 15 is 0 Å². The number of aliphatic hydroxyl groups is 1. The van der Waals surface area contributed by atoms with Gasteiger partial charge in [-0.3, -0.25) is 9.69 Å². The Labute approximate surface area is 109 Å². The minimum Gasteiger partial charge on any atom is -0.480 e. The third-order valence-electron chi connectivity index (χ3n) is 4.75. The molecule has 0 aromatic carbocycles. The zero-order valence-electron chi connectivity index (χ0n) is 11.3. The van der Waals surface area contributed by atoms with E-state index in [0.29, 0.717) is 6.42 Å². The Hall–Kier alpha value is -0.610. The number of fused-ring (bicyclic) bond motifs is 1. The number of carboxylic acids is 1. The van der Waals surface area contributed by atoms with Crippen molar-refractivity contribution < 1.29 is 15.0 Å². The van der Waals surface area contributed by atoms with Crippen molar-refractivity contribution in [3.05, 3.63) is 0 Å². The van der Waals surface area contributed by atoms with Crippen molar-refractivity contribution in [3.8, 4) is 0 Å². The lowest BCUT2D eigenvalue weighted by Gasteiger charge is -2.48. The zero-order chi connectivity index (χ0) is 13.2. The molecule has 0 bridgehead atoms. The van der Waals surface area contributed by atoms with Gasteiger partial charge in [0.1, 0.15) is 6.04 Å². The second-order valence-corrected chi connectivity index (χ2v) is 5.93. The largest absolute Gasteiger partial charge is 0.480 e. The van der Waals surface area contributed by atoms with Gasteiger partial charge in [-0.2, -0.15) is 0 Å².